The first-order valence-electron chi connectivity index (χ1n) is 2.70. The highest BCUT2D eigenvalue weighted by molar-refractivity contribution is 5.98. The summed E-state index contributed by atoms with van der Waals surface area (Å²) in [5.41, 5.74) is 0. The molecule has 8 heavy (non-hydrogen) atoms. The molecule has 1 saturated heterocycles. The van der Waals surface area contributed by atoms with Gasteiger partial charge in [0.15, 0.2) is 5.78 Å². The summed E-state index contributed by atoms with van der Waals surface area (Å²) in [5, 5.41) is 5.74. The number of hydrogen-bond acceptors (Lipinski definition) is 3. The van der Waals surface area contributed by atoms with Gasteiger partial charge >= 0.3 is 0 Å². The minimum absolute atomic E-state index is 0.167. The van der Waals surface area contributed by atoms with Crippen LogP contribution in [0.4, 0.5) is 0 Å². The quantitative estimate of drug-likeness (QED) is 0.398. The van der Waals surface area contributed by atoms with Crippen LogP contribution >= 0.6 is 0 Å². The van der Waals surface area contributed by atoms with E-state index < -0.39 is 0 Å². The van der Waals surface area contributed by atoms with Crippen molar-refractivity contribution < 1.29 is 4.79 Å². The third-order valence-corrected chi connectivity index (χ3v) is 1.48. The molecule has 0 aromatic carbocycles. The highest BCUT2D eigenvalue weighted by Crippen LogP contribution is 2.21. The van der Waals surface area contributed by atoms with Gasteiger partial charge in [0.05, 0.1) is 6.54 Å². The van der Waals surface area contributed by atoms with Gasteiger partial charge in [0.1, 0.15) is 6.04 Å². The predicted octanol–water partition coefficient (Wildman–Crippen LogP) is -0.371. The molecule has 2 aliphatic heterocycles. The molecule has 0 amide bonds. The van der Waals surface area contributed by atoms with Crippen LogP contribution in [0.5, 0.6) is 0 Å². The van der Waals surface area contributed by atoms with E-state index in [0.717, 1.165) is 6.54 Å². The molecule has 1 unspecified atom stereocenters. The average molecular weight is 110 g/mol. The van der Waals surface area contributed by atoms with Crippen LogP contribution in [0.1, 0.15) is 6.42 Å². The summed E-state index contributed by atoms with van der Waals surface area (Å²) >= 11 is 0. The monoisotopic (exact) mass is 110 g/mol. The van der Waals surface area contributed by atoms with E-state index in [9.17, 15) is 4.79 Å². The van der Waals surface area contributed by atoms with Crippen molar-refractivity contribution in [3.63, 3.8) is 0 Å². The molecule has 0 spiro atoms. The van der Waals surface area contributed by atoms with Crippen LogP contribution in [-0.2, 0) is 4.79 Å². The second kappa shape index (κ2) is 1.10. The molecule has 0 N–H and O–H groups in total. The summed E-state index contributed by atoms with van der Waals surface area (Å²) in [6, 6.07) is 0.167. The Kier molecular flexibility index (Phi) is 0.559. The minimum Gasteiger partial charge on any atom is -0.297 e. The molecular formula is C5H6N2O. The van der Waals surface area contributed by atoms with Crippen molar-refractivity contribution in [1.82, 2.24) is 5.01 Å². The molecule has 2 rings (SSSR count). The zero-order valence-corrected chi connectivity index (χ0v) is 4.37. The van der Waals surface area contributed by atoms with Crippen LogP contribution in [0.2, 0.25) is 0 Å². The third-order valence-electron chi connectivity index (χ3n) is 1.48. The highest BCUT2D eigenvalue weighted by Gasteiger charge is 2.40. The van der Waals surface area contributed by atoms with Crippen molar-refractivity contribution in [2.75, 3.05) is 6.54 Å². The number of carbonyl (C=O) groups is 1. The fraction of sp³-hybridized carbons (Fsp3) is 0.600. The maximum atomic E-state index is 10.7. The summed E-state index contributed by atoms with van der Waals surface area (Å²) in [7, 11) is 0. The lowest BCUT2D eigenvalue weighted by Gasteiger charge is -1.99. The van der Waals surface area contributed by atoms with Gasteiger partial charge in [-0.2, -0.15) is 5.10 Å². The lowest BCUT2D eigenvalue weighted by atomic mass is 10.2. The molecule has 42 valence electrons. The number of nitrogens with zero attached hydrogens (tertiary/aromatic N) is 2. The standard InChI is InChI=1S/C5H6N2O/c8-5-1-2-6-7-3-4(5)7/h2,4H,1,3H2. The van der Waals surface area contributed by atoms with E-state index in [1.165, 1.54) is 0 Å². The first-order valence-corrected chi connectivity index (χ1v) is 2.70. The molecule has 2 heterocycles. The van der Waals surface area contributed by atoms with Crippen LogP contribution in [-0.4, -0.2) is 29.6 Å². The van der Waals surface area contributed by atoms with Crippen LogP contribution in [0.3, 0.4) is 0 Å². The number of Topliss-reactive ketones (excluding diaryl/α,β-unsaturated/α-hetero) is 1. The molecule has 1 fully saturated rings. The van der Waals surface area contributed by atoms with Gasteiger partial charge in [-0.3, -0.25) is 9.80 Å². The van der Waals surface area contributed by atoms with Gasteiger partial charge in [0.2, 0.25) is 0 Å². The molecule has 2 aliphatic rings. The molecule has 0 saturated carbocycles. The van der Waals surface area contributed by atoms with Gasteiger partial charge in [-0.15, -0.1) is 0 Å². The van der Waals surface area contributed by atoms with Crippen molar-refractivity contribution in [3.8, 4) is 0 Å². The normalized spacial score (nSPS) is 32.8. The van der Waals surface area contributed by atoms with E-state index in [0.29, 0.717) is 12.2 Å². The fourth-order valence-corrected chi connectivity index (χ4v) is 0.897. The van der Waals surface area contributed by atoms with Gasteiger partial charge in [0.25, 0.3) is 0 Å². The van der Waals surface area contributed by atoms with E-state index in [1.807, 2.05) is 0 Å². The molecule has 0 bridgehead atoms. The Morgan fingerprint density at radius 3 is 3.38 bits per heavy atom. The molecule has 1 atom stereocenters. The lowest BCUT2D eigenvalue weighted by Crippen LogP contribution is -2.14. The van der Waals surface area contributed by atoms with E-state index in [-0.39, 0.29) is 6.04 Å². The van der Waals surface area contributed by atoms with Crippen molar-refractivity contribution in [1.29, 1.82) is 0 Å². The van der Waals surface area contributed by atoms with E-state index in [1.54, 1.807) is 11.2 Å². The molecule has 0 radical (unpaired) electrons. The number of rotatable bonds is 0. The maximum absolute atomic E-state index is 10.7. The Bertz CT molecular complexity index is 164. The van der Waals surface area contributed by atoms with Gasteiger partial charge in [-0.25, -0.2) is 0 Å². The molecule has 0 aromatic rings. The Morgan fingerprint density at radius 1 is 1.88 bits per heavy atom. The van der Waals surface area contributed by atoms with Gasteiger partial charge in [-0.1, -0.05) is 0 Å². The Balaban J connectivity index is 2.25. The third kappa shape index (κ3) is 0.384. The first-order chi connectivity index (χ1) is 3.88. The average Bonchev–Trinajstić information content (AvgIpc) is 2.45. The van der Waals surface area contributed by atoms with Crippen LogP contribution < -0.4 is 0 Å². The fourth-order valence-electron chi connectivity index (χ4n) is 0.897. The Morgan fingerprint density at radius 2 is 2.75 bits per heavy atom. The number of ketones is 1. The van der Waals surface area contributed by atoms with Crippen molar-refractivity contribution in [2.24, 2.45) is 5.10 Å². The summed E-state index contributed by atoms with van der Waals surface area (Å²) in [5.74, 6) is 0.319. The zero-order chi connectivity index (χ0) is 5.56. The first kappa shape index (κ1) is 4.06. The Labute approximate surface area is 47.0 Å². The van der Waals surface area contributed by atoms with Crippen molar-refractivity contribution in [3.05, 3.63) is 0 Å². The summed E-state index contributed by atoms with van der Waals surface area (Å²) in [6.45, 7) is 0.856. The largest absolute Gasteiger partial charge is 0.297 e. The smallest absolute Gasteiger partial charge is 0.164 e. The lowest BCUT2D eigenvalue weighted by molar-refractivity contribution is -0.118. The summed E-state index contributed by atoms with van der Waals surface area (Å²) in [4.78, 5) is 10.7. The number of hydrogen-bond donors (Lipinski definition) is 0. The van der Waals surface area contributed by atoms with Gasteiger partial charge < -0.3 is 0 Å². The van der Waals surface area contributed by atoms with Crippen LogP contribution in [0.15, 0.2) is 5.10 Å². The van der Waals surface area contributed by atoms with Gasteiger partial charge in [-0.05, 0) is 0 Å². The number of carbonyl (C=O) groups excluding carboxylic acids is 1. The van der Waals surface area contributed by atoms with E-state index in [4.69, 9.17) is 0 Å². The topological polar surface area (TPSA) is 32.4 Å². The minimum atomic E-state index is 0.167. The van der Waals surface area contributed by atoms with Gasteiger partial charge in [0, 0.05) is 12.6 Å². The van der Waals surface area contributed by atoms with Crippen LogP contribution in [0.25, 0.3) is 0 Å². The number of hydrazone groups is 1. The molecular weight excluding hydrogens is 104 g/mol. The zero-order valence-electron chi connectivity index (χ0n) is 4.37. The van der Waals surface area contributed by atoms with Crippen LogP contribution in [0, 0.1) is 0 Å². The Hall–Kier alpha value is -0.860. The van der Waals surface area contributed by atoms with E-state index in [2.05, 4.69) is 5.10 Å². The second-order valence-electron chi connectivity index (χ2n) is 2.11. The SMILES string of the molecule is O=C1CC=NN2CC12. The maximum Gasteiger partial charge on any atom is 0.164 e. The summed E-state index contributed by atoms with van der Waals surface area (Å²) < 4.78 is 0. The van der Waals surface area contributed by atoms with Crippen molar-refractivity contribution >= 4 is 12.0 Å². The second-order valence-corrected chi connectivity index (χ2v) is 2.11. The molecule has 3 heteroatoms. The highest BCUT2D eigenvalue weighted by atomic mass is 16.1. The molecule has 0 aromatic heterocycles. The van der Waals surface area contributed by atoms with Crippen molar-refractivity contribution in [2.45, 2.75) is 12.5 Å². The van der Waals surface area contributed by atoms with E-state index >= 15 is 0 Å². The predicted molar refractivity (Wildman–Crippen MR) is 28.6 cm³/mol. The number of fused-ring (bicyclic) bond motifs is 1. The summed E-state index contributed by atoms with van der Waals surface area (Å²) in [6.07, 6.45) is 2.22. The molecule has 0 aliphatic carbocycles. The molecule has 3 nitrogen and oxygen atoms in total.